The number of benzene rings is 2. The molecule has 40 heavy (non-hydrogen) atoms. The molecule has 0 atom stereocenters. The predicted octanol–water partition coefficient (Wildman–Crippen LogP) is 5.01. The fraction of sp³-hybridized carbons (Fsp3) is 0.333. The first kappa shape index (κ1) is 28.8. The molecule has 2 aromatic heterocycles. The van der Waals surface area contributed by atoms with Crippen molar-refractivity contribution in [2.24, 2.45) is 0 Å². The normalized spacial score (nSPS) is 11.2. The van der Waals surface area contributed by atoms with Gasteiger partial charge in [0.05, 0.1) is 5.69 Å². The maximum Gasteiger partial charge on any atom is 0.256 e. The number of carbonyl (C=O) groups excluding carboxylic acids is 1. The van der Waals surface area contributed by atoms with Crippen LogP contribution in [0.5, 0.6) is 0 Å². The van der Waals surface area contributed by atoms with Gasteiger partial charge in [-0.25, -0.2) is 13.8 Å². The van der Waals surface area contributed by atoms with E-state index >= 15 is 0 Å². The zero-order valence-electron chi connectivity index (χ0n) is 23.0. The van der Waals surface area contributed by atoms with Crippen molar-refractivity contribution in [1.29, 1.82) is 0 Å². The topological polar surface area (TPSA) is 92.2 Å². The van der Waals surface area contributed by atoms with E-state index in [0.717, 1.165) is 49.2 Å². The van der Waals surface area contributed by atoms with Gasteiger partial charge in [0.25, 0.3) is 11.5 Å². The minimum absolute atomic E-state index is 0.0245. The molecule has 1 amide bonds. The van der Waals surface area contributed by atoms with Crippen molar-refractivity contribution in [3.05, 3.63) is 82.1 Å². The smallest absolute Gasteiger partial charge is 0.256 e. The van der Waals surface area contributed by atoms with E-state index in [1.165, 1.54) is 18.2 Å². The van der Waals surface area contributed by atoms with Gasteiger partial charge in [-0.2, -0.15) is 4.98 Å². The third-order valence-corrected chi connectivity index (χ3v) is 6.70. The van der Waals surface area contributed by atoms with E-state index in [4.69, 9.17) is 4.98 Å². The number of para-hydroxylation sites is 1. The molecular formula is C30H34F2N6O2. The fourth-order valence-corrected chi connectivity index (χ4v) is 4.58. The molecule has 210 valence electrons. The quantitative estimate of drug-likeness (QED) is 0.242. The average molecular weight is 549 g/mol. The molecule has 0 aliphatic rings. The molecule has 0 saturated heterocycles. The Labute approximate surface area is 232 Å². The zero-order valence-corrected chi connectivity index (χ0v) is 23.0. The van der Waals surface area contributed by atoms with Gasteiger partial charge in [0.15, 0.2) is 5.65 Å². The first-order valence-corrected chi connectivity index (χ1v) is 13.6. The van der Waals surface area contributed by atoms with Gasteiger partial charge in [-0.15, -0.1) is 0 Å². The molecule has 10 heteroatoms. The number of anilines is 1. The molecular weight excluding hydrogens is 514 g/mol. The van der Waals surface area contributed by atoms with Crippen LogP contribution in [0.25, 0.3) is 28.0 Å². The number of rotatable bonds is 12. The highest BCUT2D eigenvalue weighted by Crippen LogP contribution is 2.31. The van der Waals surface area contributed by atoms with Crippen molar-refractivity contribution in [3.63, 3.8) is 0 Å². The SMILES string of the molecule is CCCNC(=O)c1ccccc1-c1nc(NCCCN(CC)CC)nc2c1ccc(=O)n2-c1c(F)cccc1F. The molecule has 0 fully saturated rings. The van der Waals surface area contributed by atoms with Crippen molar-refractivity contribution in [3.8, 4) is 16.9 Å². The number of hydrogen-bond acceptors (Lipinski definition) is 6. The van der Waals surface area contributed by atoms with Crippen LogP contribution in [0, 0.1) is 11.6 Å². The maximum absolute atomic E-state index is 14.9. The van der Waals surface area contributed by atoms with Gasteiger partial charge in [0.1, 0.15) is 17.3 Å². The average Bonchev–Trinajstić information content (AvgIpc) is 2.96. The second-order valence-corrected chi connectivity index (χ2v) is 9.32. The first-order chi connectivity index (χ1) is 19.4. The molecule has 0 saturated carbocycles. The third-order valence-electron chi connectivity index (χ3n) is 6.70. The lowest BCUT2D eigenvalue weighted by molar-refractivity contribution is 0.0954. The molecule has 0 aliphatic carbocycles. The van der Waals surface area contributed by atoms with Crippen LogP contribution in [0.15, 0.2) is 59.4 Å². The highest BCUT2D eigenvalue weighted by molar-refractivity contribution is 6.04. The minimum Gasteiger partial charge on any atom is -0.354 e. The molecule has 4 aromatic rings. The molecule has 0 bridgehead atoms. The van der Waals surface area contributed by atoms with E-state index in [1.807, 2.05) is 6.92 Å². The minimum atomic E-state index is -0.900. The lowest BCUT2D eigenvalue weighted by atomic mass is 10.0. The third kappa shape index (κ3) is 6.17. The summed E-state index contributed by atoms with van der Waals surface area (Å²) in [6.07, 6.45) is 1.57. The standard InChI is InChI=1S/C30H34F2N6O2/c1-4-17-33-29(40)21-12-8-7-11-20(21)26-22-15-16-25(39)38(27-23(31)13-9-14-24(27)32)28(22)36-30(35-26)34-18-10-19-37(5-2)6-3/h7-9,11-16H,4-6,10,17-19H2,1-3H3,(H,33,40)(H,34,35,36). The number of nitrogens with zero attached hydrogens (tertiary/aromatic N) is 4. The summed E-state index contributed by atoms with van der Waals surface area (Å²) in [7, 11) is 0. The van der Waals surface area contributed by atoms with E-state index < -0.39 is 22.9 Å². The number of halogens is 2. The zero-order chi connectivity index (χ0) is 28.6. The Morgan fingerprint density at radius 3 is 2.35 bits per heavy atom. The second kappa shape index (κ2) is 13.3. The Bertz CT molecular complexity index is 1530. The van der Waals surface area contributed by atoms with Gasteiger partial charge in [-0.3, -0.25) is 14.2 Å². The largest absolute Gasteiger partial charge is 0.354 e. The number of carbonyl (C=O) groups is 1. The van der Waals surface area contributed by atoms with Gasteiger partial charge < -0.3 is 15.5 Å². The van der Waals surface area contributed by atoms with Crippen LogP contribution in [0.3, 0.4) is 0 Å². The lowest BCUT2D eigenvalue weighted by Gasteiger charge is -2.18. The monoisotopic (exact) mass is 548 g/mol. The number of hydrogen-bond donors (Lipinski definition) is 2. The Balaban J connectivity index is 1.91. The van der Waals surface area contributed by atoms with Crippen LogP contribution < -0.4 is 16.2 Å². The lowest BCUT2D eigenvalue weighted by Crippen LogP contribution is -2.26. The van der Waals surface area contributed by atoms with Gasteiger partial charge >= 0.3 is 0 Å². The van der Waals surface area contributed by atoms with Crippen molar-refractivity contribution >= 4 is 22.9 Å². The summed E-state index contributed by atoms with van der Waals surface area (Å²) in [4.78, 5) is 37.7. The van der Waals surface area contributed by atoms with E-state index in [2.05, 4.69) is 34.4 Å². The van der Waals surface area contributed by atoms with Gasteiger partial charge in [0.2, 0.25) is 5.95 Å². The summed E-state index contributed by atoms with van der Waals surface area (Å²) in [5, 5.41) is 6.47. The summed E-state index contributed by atoms with van der Waals surface area (Å²) in [5.41, 5.74) is 0.111. The van der Waals surface area contributed by atoms with Crippen LogP contribution in [-0.4, -0.2) is 58.1 Å². The van der Waals surface area contributed by atoms with Crippen LogP contribution in [-0.2, 0) is 0 Å². The van der Waals surface area contributed by atoms with Crippen molar-refractivity contribution in [2.75, 3.05) is 38.0 Å². The molecule has 4 rings (SSSR count). The van der Waals surface area contributed by atoms with Crippen LogP contribution in [0.2, 0.25) is 0 Å². The van der Waals surface area contributed by atoms with Gasteiger partial charge in [-0.1, -0.05) is 45.0 Å². The number of nitrogens with one attached hydrogen (secondary N) is 2. The van der Waals surface area contributed by atoms with E-state index in [9.17, 15) is 18.4 Å². The molecule has 2 aromatic carbocycles. The summed E-state index contributed by atoms with van der Waals surface area (Å²) >= 11 is 0. The summed E-state index contributed by atoms with van der Waals surface area (Å²) < 4.78 is 30.8. The number of amides is 1. The highest BCUT2D eigenvalue weighted by Gasteiger charge is 2.22. The van der Waals surface area contributed by atoms with Gasteiger partial charge in [0, 0.05) is 35.7 Å². The van der Waals surface area contributed by atoms with E-state index in [-0.39, 0.29) is 17.5 Å². The molecule has 2 heterocycles. The molecule has 0 aliphatic heterocycles. The number of fused-ring (bicyclic) bond motifs is 1. The Kier molecular flexibility index (Phi) is 9.55. The number of aromatic nitrogens is 3. The maximum atomic E-state index is 14.9. The summed E-state index contributed by atoms with van der Waals surface area (Å²) in [6, 6.07) is 13.1. The predicted molar refractivity (Wildman–Crippen MR) is 154 cm³/mol. The molecule has 0 unspecified atom stereocenters. The highest BCUT2D eigenvalue weighted by atomic mass is 19.1. The Hall–Kier alpha value is -4.18. The molecule has 0 spiro atoms. The second-order valence-electron chi connectivity index (χ2n) is 9.32. The van der Waals surface area contributed by atoms with Crippen LogP contribution >= 0.6 is 0 Å². The van der Waals surface area contributed by atoms with E-state index in [1.54, 1.807) is 24.3 Å². The molecule has 0 radical (unpaired) electrons. The summed E-state index contributed by atoms with van der Waals surface area (Å²) in [5.74, 6) is -1.89. The molecule has 8 nitrogen and oxygen atoms in total. The van der Waals surface area contributed by atoms with Crippen LogP contribution in [0.1, 0.15) is 44.0 Å². The van der Waals surface area contributed by atoms with E-state index in [0.29, 0.717) is 35.3 Å². The molecule has 2 N–H and O–H groups in total. The number of pyridine rings is 1. The first-order valence-electron chi connectivity index (χ1n) is 13.6. The van der Waals surface area contributed by atoms with Crippen molar-refractivity contribution in [2.45, 2.75) is 33.6 Å². The Morgan fingerprint density at radius 2 is 1.65 bits per heavy atom. The van der Waals surface area contributed by atoms with Gasteiger partial charge in [-0.05, 0) is 56.7 Å². The van der Waals surface area contributed by atoms with Crippen LogP contribution in [0.4, 0.5) is 14.7 Å². The van der Waals surface area contributed by atoms with Crippen molar-refractivity contribution < 1.29 is 13.6 Å². The fourth-order valence-electron chi connectivity index (χ4n) is 4.58. The Morgan fingerprint density at radius 1 is 0.925 bits per heavy atom. The summed E-state index contributed by atoms with van der Waals surface area (Å²) in [6.45, 7) is 9.94. The van der Waals surface area contributed by atoms with Crippen molar-refractivity contribution in [1.82, 2.24) is 24.8 Å².